The molecule has 0 spiro atoms. The zero-order valence-corrected chi connectivity index (χ0v) is 12.7. The van der Waals surface area contributed by atoms with Gasteiger partial charge < -0.3 is 14.6 Å². The normalized spacial score (nSPS) is 19.0. The second kappa shape index (κ2) is 6.26. The third-order valence-corrected chi connectivity index (χ3v) is 4.10. The smallest absolute Gasteiger partial charge is 0.318 e. The lowest BCUT2D eigenvalue weighted by Gasteiger charge is -2.32. The summed E-state index contributed by atoms with van der Waals surface area (Å²) in [6.45, 7) is 4.74. The van der Waals surface area contributed by atoms with E-state index in [9.17, 15) is 0 Å². The van der Waals surface area contributed by atoms with Crippen molar-refractivity contribution in [3.63, 3.8) is 0 Å². The van der Waals surface area contributed by atoms with Crippen molar-refractivity contribution in [1.82, 2.24) is 15.5 Å². The van der Waals surface area contributed by atoms with Crippen molar-refractivity contribution in [2.75, 3.05) is 25.0 Å². The fraction of sp³-hybridized carbons (Fsp3) is 0.500. The van der Waals surface area contributed by atoms with Crippen LogP contribution in [0.5, 0.6) is 0 Å². The van der Waals surface area contributed by atoms with Gasteiger partial charge in [-0.3, -0.25) is 0 Å². The van der Waals surface area contributed by atoms with Crippen molar-refractivity contribution in [3.8, 4) is 0 Å². The highest BCUT2D eigenvalue weighted by molar-refractivity contribution is 5.34. The Labute approximate surface area is 125 Å². The van der Waals surface area contributed by atoms with Gasteiger partial charge in [0.15, 0.2) is 0 Å². The third kappa shape index (κ3) is 3.08. The van der Waals surface area contributed by atoms with E-state index in [2.05, 4.69) is 51.6 Å². The number of aromatic nitrogens is 2. The summed E-state index contributed by atoms with van der Waals surface area (Å²) in [5, 5.41) is 11.3. The summed E-state index contributed by atoms with van der Waals surface area (Å²) in [5.41, 5.74) is 2.81. The van der Waals surface area contributed by atoms with Crippen LogP contribution in [0.25, 0.3) is 0 Å². The lowest BCUT2D eigenvalue weighted by Crippen LogP contribution is -2.34. The van der Waals surface area contributed by atoms with E-state index >= 15 is 0 Å². The Hall–Kier alpha value is -1.88. The molecule has 1 aliphatic heterocycles. The summed E-state index contributed by atoms with van der Waals surface area (Å²) in [6.07, 6.45) is 2.38. The lowest BCUT2D eigenvalue weighted by atomic mass is 9.88. The maximum Gasteiger partial charge on any atom is 0.318 e. The van der Waals surface area contributed by atoms with Crippen LogP contribution in [0.4, 0.5) is 6.01 Å². The van der Waals surface area contributed by atoms with Crippen LogP contribution in [0.15, 0.2) is 28.7 Å². The number of anilines is 1. The summed E-state index contributed by atoms with van der Waals surface area (Å²) >= 11 is 0. The molecule has 0 saturated carbocycles. The molecule has 1 N–H and O–H groups in total. The Kier molecular flexibility index (Phi) is 4.20. The summed E-state index contributed by atoms with van der Waals surface area (Å²) in [7, 11) is 1.87. The van der Waals surface area contributed by atoms with Crippen LogP contribution < -0.4 is 10.2 Å². The predicted octanol–water partition coefficient (Wildman–Crippen LogP) is 2.48. The van der Waals surface area contributed by atoms with Gasteiger partial charge >= 0.3 is 6.01 Å². The highest BCUT2D eigenvalue weighted by Gasteiger charge is 2.25. The van der Waals surface area contributed by atoms with Crippen LogP contribution in [0.1, 0.15) is 35.8 Å². The van der Waals surface area contributed by atoms with E-state index in [4.69, 9.17) is 4.42 Å². The van der Waals surface area contributed by atoms with Gasteiger partial charge in [0.2, 0.25) is 5.89 Å². The number of nitrogens with zero attached hydrogens (tertiary/aromatic N) is 3. The van der Waals surface area contributed by atoms with Gasteiger partial charge in [-0.1, -0.05) is 29.4 Å². The van der Waals surface area contributed by atoms with Crippen LogP contribution in [0.2, 0.25) is 0 Å². The number of nitrogens with one attached hydrogen (secondary N) is 1. The first-order chi connectivity index (χ1) is 10.3. The van der Waals surface area contributed by atoms with Gasteiger partial charge in [-0.2, -0.15) is 0 Å². The van der Waals surface area contributed by atoms with Crippen molar-refractivity contribution in [2.24, 2.45) is 0 Å². The van der Waals surface area contributed by atoms with Crippen molar-refractivity contribution in [1.29, 1.82) is 0 Å². The molecule has 1 aromatic heterocycles. The molecule has 0 aliphatic carbocycles. The van der Waals surface area contributed by atoms with Gasteiger partial charge in [0.25, 0.3) is 0 Å². The van der Waals surface area contributed by atoms with E-state index in [1.807, 2.05) is 7.05 Å². The fourth-order valence-corrected chi connectivity index (χ4v) is 3.04. The second-order valence-corrected chi connectivity index (χ2v) is 5.65. The minimum absolute atomic E-state index is 0.541. The van der Waals surface area contributed by atoms with E-state index < -0.39 is 0 Å². The third-order valence-electron chi connectivity index (χ3n) is 4.10. The first-order valence-corrected chi connectivity index (χ1v) is 7.55. The van der Waals surface area contributed by atoms with E-state index in [0.29, 0.717) is 24.4 Å². The Morgan fingerprint density at radius 2 is 2.19 bits per heavy atom. The first kappa shape index (κ1) is 14.1. The zero-order chi connectivity index (χ0) is 14.7. The summed E-state index contributed by atoms with van der Waals surface area (Å²) in [6, 6.07) is 9.30. The first-order valence-electron chi connectivity index (χ1n) is 7.55. The largest absolute Gasteiger partial charge is 0.407 e. The quantitative estimate of drug-likeness (QED) is 0.936. The molecule has 1 saturated heterocycles. The Morgan fingerprint density at radius 1 is 1.33 bits per heavy atom. The van der Waals surface area contributed by atoms with Gasteiger partial charge in [-0.05, 0) is 37.9 Å². The Bertz CT molecular complexity index is 595. The molecule has 0 bridgehead atoms. The highest BCUT2D eigenvalue weighted by Crippen LogP contribution is 2.31. The monoisotopic (exact) mass is 286 g/mol. The van der Waals surface area contributed by atoms with Crippen LogP contribution in [0.3, 0.4) is 0 Å². The molecule has 2 heterocycles. The molecule has 1 fully saturated rings. The molecule has 0 amide bonds. The van der Waals surface area contributed by atoms with Gasteiger partial charge in [-0.15, -0.1) is 5.10 Å². The van der Waals surface area contributed by atoms with Gasteiger partial charge in [0.1, 0.15) is 0 Å². The maximum absolute atomic E-state index is 5.72. The minimum Gasteiger partial charge on any atom is -0.407 e. The average molecular weight is 286 g/mol. The Morgan fingerprint density at radius 3 is 3.00 bits per heavy atom. The summed E-state index contributed by atoms with van der Waals surface area (Å²) in [4.78, 5) is 2.22. The number of hydrogen-bond acceptors (Lipinski definition) is 5. The van der Waals surface area contributed by atoms with Crippen molar-refractivity contribution in [3.05, 3.63) is 41.3 Å². The van der Waals surface area contributed by atoms with Gasteiger partial charge in [0.05, 0.1) is 6.54 Å². The predicted molar refractivity (Wildman–Crippen MR) is 82.4 cm³/mol. The molecule has 1 atom stereocenters. The summed E-state index contributed by atoms with van der Waals surface area (Å²) in [5.74, 6) is 1.19. The van der Waals surface area contributed by atoms with Crippen molar-refractivity contribution >= 4 is 6.01 Å². The van der Waals surface area contributed by atoms with Crippen LogP contribution >= 0.6 is 0 Å². The summed E-state index contributed by atoms with van der Waals surface area (Å²) < 4.78 is 5.72. The van der Waals surface area contributed by atoms with E-state index in [1.54, 1.807) is 0 Å². The van der Waals surface area contributed by atoms with Crippen molar-refractivity contribution < 1.29 is 4.42 Å². The molecular weight excluding hydrogens is 264 g/mol. The molecule has 2 aromatic rings. The van der Waals surface area contributed by atoms with Crippen LogP contribution in [-0.4, -0.2) is 30.3 Å². The maximum atomic E-state index is 5.72. The average Bonchev–Trinajstić information content (AvgIpc) is 2.97. The zero-order valence-electron chi connectivity index (χ0n) is 12.7. The Balaban J connectivity index is 1.74. The van der Waals surface area contributed by atoms with Crippen LogP contribution in [0, 0.1) is 6.92 Å². The fourth-order valence-electron chi connectivity index (χ4n) is 3.04. The number of piperidine rings is 1. The molecule has 112 valence electrons. The molecule has 3 rings (SSSR count). The molecule has 1 aromatic carbocycles. The molecular formula is C16H22N4O. The van der Waals surface area contributed by atoms with Gasteiger partial charge in [0, 0.05) is 19.0 Å². The number of aryl methyl sites for hydroxylation is 1. The van der Waals surface area contributed by atoms with E-state index in [-0.39, 0.29) is 0 Å². The SMILES string of the molecule is CNCc1nnc(N2CCCC(c3ccccc3C)C2)o1. The molecule has 5 heteroatoms. The molecule has 1 aliphatic rings. The minimum atomic E-state index is 0.541. The number of rotatable bonds is 4. The van der Waals surface area contributed by atoms with Crippen molar-refractivity contribution in [2.45, 2.75) is 32.2 Å². The molecule has 0 radical (unpaired) electrons. The standard InChI is InChI=1S/C16H22N4O/c1-12-6-3-4-8-14(12)13-7-5-9-20(11-13)16-19-18-15(21-16)10-17-2/h3-4,6,8,13,17H,5,7,9-11H2,1-2H3. The number of benzene rings is 1. The van der Waals surface area contributed by atoms with E-state index in [0.717, 1.165) is 19.5 Å². The molecule has 21 heavy (non-hydrogen) atoms. The molecule has 5 nitrogen and oxygen atoms in total. The lowest BCUT2D eigenvalue weighted by molar-refractivity contribution is 0.435. The topological polar surface area (TPSA) is 54.2 Å². The number of hydrogen-bond donors (Lipinski definition) is 1. The second-order valence-electron chi connectivity index (χ2n) is 5.65. The molecule has 1 unspecified atom stereocenters. The van der Waals surface area contributed by atoms with Crippen LogP contribution in [-0.2, 0) is 6.54 Å². The van der Waals surface area contributed by atoms with Gasteiger partial charge in [-0.25, -0.2) is 0 Å². The highest BCUT2D eigenvalue weighted by atomic mass is 16.4. The van der Waals surface area contributed by atoms with E-state index in [1.165, 1.54) is 17.5 Å².